The van der Waals surface area contributed by atoms with Crippen LogP contribution in [0.1, 0.15) is 6.42 Å². The molecule has 6 nitrogen and oxygen atoms in total. The lowest BCUT2D eigenvalue weighted by molar-refractivity contribution is 0.578. The average Bonchev–Trinajstić information content (AvgIpc) is 2.60. The van der Waals surface area contributed by atoms with Crippen molar-refractivity contribution in [3.63, 3.8) is 0 Å². The van der Waals surface area contributed by atoms with Crippen LogP contribution in [-0.2, 0) is 16.6 Å². The molecular formula is C11H14Cl2N4O2S. The molecule has 0 spiro atoms. The Labute approximate surface area is 126 Å². The van der Waals surface area contributed by atoms with Crippen LogP contribution in [0.4, 0.5) is 5.95 Å². The molecular weight excluding hydrogens is 323 g/mol. The highest BCUT2D eigenvalue weighted by molar-refractivity contribution is 7.88. The average molecular weight is 337 g/mol. The molecule has 0 radical (unpaired) electrons. The molecule has 2 rings (SSSR count). The maximum Gasteiger partial charge on any atom is 0.208 e. The van der Waals surface area contributed by atoms with E-state index in [2.05, 4.69) is 9.71 Å². The molecule has 0 aliphatic carbocycles. The van der Waals surface area contributed by atoms with E-state index in [0.717, 1.165) is 11.8 Å². The fourth-order valence-corrected chi connectivity index (χ4v) is 2.70. The zero-order valence-electron chi connectivity index (χ0n) is 10.7. The number of aromatic nitrogens is 2. The number of nitrogens with one attached hydrogen (secondary N) is 1. The molecule has 1 heterocycles. The Bertz CT molecular complexity index is 742. The van der Waals surface area contributed by atoms with Gasteiger partial charge in [-0.25, -0.2) is 18.1 Å². The number of imidazole rings is 1. The Morgan fingerprint density at radius 3 is 2.65 bits per heavy atom. The molecule has 0 fully saturated rings. The lowest BCUT2D eigenvalue weighted by Crippen LogP contribution is -2.24. The van der Waals surface area contributed by atoms with Crippen molar-refractivity contribution in [2.75, 3.05) is 18.5 Å². The Morgan fingerprint density at radius 1 is 1.35 bits per heavy atom. The second-order valence-electron chi connectivity index (χ2n) is 4.40. The first kappa shape index (κ1) is 15.4. The molecule has 0 aliphatic heterocycles. The standard InChI is InChI=1S/C11H14Cl2N4O2S/c1-20(18,19)15-3-2-4-17-10-6-8(13)7(12)5-9(10)16-11(17)14/h5-6,15H,2-4H2,1H3,(H2,14,16). The Kier molecular flexibility index (Phi) is 4.43. The number of sulfonamides is 1. The third-order valence-corrected chi connectivity index (χ3v) is 4.19. The molecule has 9 heteroatoms. The molecule has 0 aliphatic rings. The summed E-state index contributed by atoms with van der Waals surface area (Å²) >= 11 is 11.9. The lowest BCUT2D eigenvalue weighted by atomic mass is 10.3. The van der Waals surface area contributed by atoms with E-state index in [1.54, 1.807) is 16.7 Å². The van der Waals surface area contributed by atoms with Gasteiger partial charge in [0, 0.05) is 13.1 Å². The Morgan fingerprint density at radius 2 is 2.00 bits per heavy atom. The maximum absolute atomic E-state index is 11.0. The quantitative estimate of drug-likeness (QED) is 0.815. The fourth-order valence-electron chi connectivity index (χ4n) is 1.87. The highest BCUT2D eigenvalue weighted by atomic mass is 35.5. The van der Waals surface area contributed by atoms with Crippen molar-refractivity contribution in [3.05, 3.63) is 22.2 Å². The molecule has 0 atom stereocenters. The van der Waals surface area contributed by atoms with Gasteiger partial charge in [-0.15, -0.1) is 0 Å². The first-order valence-electron chi connectivity index (χ1n) is 5.83. The minimum Gasteiger partial charge on any atom is -0.369 e. The molecule has 0 saturated heterocycles. The van der Waals surface area contributed by atoms with Crippen molar-refractivity contribution < 1.29 is 8.42 Å². The fraction of sp³-hybridized carbons (Fsp3) is 0.364. The highest BCUT2D eigenvalue weighted by Crippen LogP contribution is 2.29. The largest absolute Gasteiger partial charge is 0.369 e. The third kappa shape index (κ3) is 3.54. The summed E-state index contributed by atoms with van der Waals surface area (Å²) < 4.78 is 26.1. The number of nitrogens with two attached hydrogens (primary N) is 1. The number of nitrogen functional groups attached to an aromatic ring is 1. The van der Waals surface area contributed by atoms with Gasteiger partial charge in [0.2, 0.25) is 16.0 Å². The van der Waals surface area contributed by atoms with Crippen LogP contribution in [0.15, 0.2) is 12.1 Å². The Hall–Kier alpha value is -1.02. The van der Waals surface area contributed by atoms with Gasteiger partial charge in [0.05, 0.1) is 27.3 Å². The zero-order chi connectivity index (χ0) is 14.9. The van der Waals surface area contributed by atoms with Gasteiger partial charge in [-0.05, 0) is 18.6 Å². The summed E-state index contributed by atoms with van der Waals surface area (Å²) in [6.07, 6.45) is 1.71. The number of halogens is 2. The van der Waals surface area contributed by atoms with Crippen molar-refractivity contribution >= 4 is 50.2 Å². The van der Waals surface area contributed by atoms with Crippen LogP contribution >= 0.6 is 23.2 Å². The molecule has 20 heavy (non-hydrogen) atoms. The van der Waals surface area contributed by atoms with Crippen LogP contribution in [-0.4, -0.2) is 30.8 Å². The van der Waals surface area contributed by atoms with E-state index in [9.17, 15) is 8.42 Å². The maximum atomic E-state index is 11.0. The number of aryl methyl sites for hydroxylation is 1. The van der Waals surface area contributed by atoms with E-state index in [1.165, 1.54) is 0 Å². The van der Waals surface area contributed by atoms with Gasteiger partial charge < -0.3 is 10.3 Å². The summed E-state index contributed by atoms with van der Waals surface area (Å²) in [5.41, 5.74) is 7.28. The van der Waals surface area contributed by atoms with Crippen LogP contribution in [0.5, 0.6) is 0 Å². The topological polar surface area (TPSA) is 90.0 Å². The molecule has 110 valence electrons. The first-order chi connectivity index (χ1) is 9.28. The minimum absolute atomic E-state index is 0.333. The van der Waals surface area contributed by atoms with Gasteiger partial charge in [-0.2, -0.15) is 0 Å². The lowest BCUT2D eigenvalue weighted by Gasteiger charge is -2.07. The normalized spacial score (nSPS) is 12.2. The van der Waals surface area contributed by atoms with Crippen molar-refractivity contribution in [3.8, 4) is 0 Å². The van der Waals surface area contributed by atoms with E-state index in [4.69, 9.17) is 28.9 Å². The number of fused-ring (bicyclic) bond motifs is 1. The summed E-state index contributed by atoms with van der Waals surface area (Å²) in [7, 11) is -3.17. The predicted octanol–water partition coefficient (Wildman–Crippen LogP) is 1.86. The highest BCUT2D eigenvalue weighted by Gasteiger charge is 2.11. The summed E-state index contributed by atoms with van der Waals surface area (Å²) in [6, 6.07) is 3.35. The van der Waals surface area contributed by atoms with E-state index in [-0.39, 0.29) is 0 Å². The summed E-state index contributed by atoms with van der Waals surface area (Å²) in [5.74, 6) is 0.345. The third-order valence-electron chi connectivity index (χ3n) is 2.74. The van der Waals surface area contributed by atoms with Crippen molar-refractivity contribution in [1.82, 2.24) is 14.3 Å². The monoisotopic (exact) mass is 336 g/mol. The second kappa shape index (κ2) is 5.77. The van der Waals surface area contributed by atoms with E-state index in [1.807, 2.05) is 0 Å². The predicted molar refractivity (Wildman–Crippen MR) is 81.6 cm³/mol. The molecule has 0 amide bonds. The number of rotatable bonds is 5. The SMILES string of the molecule is CS(=O)(=O)NCCCn1c(N)nc2cc(Cl)c(Cl)cc21. The van der Waals surface area contributed by atoms with Gasteiger partial charge in [-0.1, -0.05) is 23.2 Å². The van der Waals surface area contributed by atoms with Gasteiger partial charge in [0.15, 0.2) is 0 Å². The Balaban J connectivity index is 2.17. The van der Waals surface area contributed by atoms with Gasteiger partial charge in [0.25, 0.3) is 0 Å². The number of anilines is 1. The second-order valence-corrected chi connectivity index (χ2v) is 7.04. The van der Waals surface area contributed by atoms with Gasteiger partial charge in [-0.3, -0.25) is 0 Å². The molecule has 1 aromatic heterocycles. The van der Waals surface area contributed by atoms with Crippen LogP contribution in [0.3, 0.4) is 0 Å². The summed E-state index contributed by atoms with van der Waals surface area (Å²) in [4.78, 5) is 4.20. The number of hydrogen-bond acceptors (Lipinski definition) is 4. The smallest absolute Gasteiger partial charge is 0.208 e. The number of nitrogens with zero attached hydrogens (tertiary/aromatic N) is 2. The van der Waals surface area contributed by atoms with E-state index in [0.29, 0.717) is 41.0 Å². The first-order valence-corrected chi connectivity index (χ1v) is 8.48. The van der Waals surface area contributed by atoms with Crippen LogP contribution < -0.4 is 10.5 Å². The summed E-state index contributed by atoms with van der Waals surface area (Å²) in [6.45, 7) is 0.863. The molecule has 2 aromatic rings. The van der Waals surface area contributed by atoms with Crippen LogP contribution in [0.2, 0.25) is 10.0 Å². The van der Waals surface area contributed by atoms with Crippen LogP contribution in [0, 0.1) is 0 Å². The molecule has 1 aromatic carbocycles. The molecule has 3 N–H and O–H groups in total. The summed E-state index contributed by atoms with van der Waals surface area (Å²) in [5, 5.41) is 0.845. The van der Waals surface area contributed by atoms with Crippen molar-refractivity contribution in [2.24, 2.45) is 0 Å². The van der Waals surface area contributed by atoms with E-state index < -0.39 is 10.0 Å². The van der Waals surface area contributed by atoms with E-state index >= 15 is 0 Å². The number of benzene rings is 1. The zero-order valence-corrected chi connectivity index (χ0v) is 13.1. The van der Waals surface area contributed by atoms with Gasteiger partial charge in [0.1, 0.15) is 0 Å². The number of hydrogen-bond donors (Lipinski definition) is 2. The van der Waals surface area contributed by atoms with Gasteiger partial charge >= 0.3 is 0 Å². The molecule has 0 bridgehead atoms. The molecule has 0 unspecified atom stereocenters. The van der Waals surface area contributed by atoms with Crippen molar-refractivity contribution in [2.45, 2.75) is 13.0 Å². The van der Waals surface area contributed by atoms with Crippen molar-refractivity contribution in [1.29, 1.82) is 0 Å². The minimum atomic E-state index is -3.17. The molecule has 0 saturated carbocycles. The van der Waals surface area contributed by atoms with Crippen LogP contribution in [0.25, 0.3) is 11.0 Å².